The second-order valence-electron chi connectivity index (χ2n) is 6.49. The summed E-state index contributed by atoms with van der Waals surface area (Å²) < 4.78 is 10.7. The summed E-state index contributed by atoms with van der Waals surface area (Å²) in [5.74, 6) is -0.452. The molecule has 8 heteroatoms. The van der Waals surface area contributed by atoms with Crippen molar-refractivity contribution in [2.45, 2.75) is 6.92 Å². The Morgan fingerprint density at radius 3 is 2.39 bits per heavy atom. The molecule has 1 N–H and O–H groups in total. The van der Waals surface area contributed by atoms with Crippen LogP contribution in [0.25, 0.3) is 0 Å². The lowest BCUT2D eigenvalue weighted by atomic mass is 10.1. The first-order chi connectivity index (χ1) is 14.9. The third kappa shape index (κ3) is 5.84. The van der Waals surface area contributed by atoms with E-state index in [4.69, 9.17) is 32.7 Å². The van der Waals surface area contributed by atoms with E-state index in [1.807, 2.05) is 19.1 Å². The smallest absolute Gasteiger partial charge is 0.345 e. The van der Waals surface area contributed by atoms with Gasteiger partial charge in [0.25, 0.3) is 5.91 Å². The van der Waals surface area contributed by atoms with E-state index < -0.39 is 5.97 Å². The minimum Gasteiger partial charge on any atom is -0.493 e. The molecule has 3 aromatic carbocycles. The van der Waals surface area contributed by atoms with Gasteiger partial charge in [-0.05, 0) is 61.0 Å². The highest BCUT2D eigenvalue weighted by molar-refractivity contribution is 6.36. The minimum absolute atomic E-state index is 0.178. The standard InChI is InChI=1S/C23H18Cl2N2O4/c1-14-3-6-16(7-4-14)22(28)27-26-13-15-5-10-20(21(11-15)30-2)31-23(29)18-9-8-17(24)12-19(18)25/h3-13H,1-2H3,(H,27,28)/b26-13-. The highest BCUT2D eigenvalue weighted by atomic mass is 35.5. The molecule has 158 valence electrons. The fourth-order valence-electron chi connectivity index (χ4n) is 2.59. The summed E-state index contributed by atoms with van der Waals surface area (Å²) in [5, 5.41) is 4.55. The number of nitrogens with one attached hydrogen (secondary N) is 1. The number of methoxy groups -OCH3 is 1. The number of ether oxygens (including phenoxy) is 2. The van der Waals surface area contributed by atoms with E-state index in [0.717, 1.165) is 5.56 Å². The molecule has 3 rings (SSSR count). The van der Waals surface area contributed by atoms with Crippen molar-refractivity contribution in [2.75, 3.05) is 7.11 Å². The fraction of sp³-hybridized carbons (Fsp3) is 0.0870. The van der Waals surface area contributed by atoms with E-state index in [9.17, 15) is 9.59 Å². The fourth-order valence-corrected chi connectivity index (χ4v) is 3.08. The van der Waals surface area contributed by atoms with Gasteiger partial charge in [-0.1, -0.05) is 40.9 Å². The number of nitrogens with zero attached hydrogens (tertiary/aromatic N) is 1. The molecule has 0 bridgehead atoms. The first-order valence-corrected chi connectivity index (χ1v) is 9.88. The van der Waals surface area contributed by atoms with Crippen molar-refractivity contribution in [3.8, 4) is 11.5 Å². The lowest BCUT2D eigenvalue weighted by molar-refractivity contribution is 0.0729. The highest BCUT2D eigenvalue weighted by Crippen LogP contribution is 2.29. The molecule has 0 atom stereocenters. The van der Waals surface area contributed by atoms with Gasteiger partial charge >= 0.3 is 5.97 Å². The number of carbonyl (C=O) groups excluding carboxylic acids is 2. The summed E-state index contributed by atoms with van der Waals surface area (Å²) >= 11 is 11.9. The topological polar surface area (TPSA) is 77.0 Å². The average Bonchev–Trinajstić information content (AvgIpc) is 2.75. The molecule has 0 spiro atoms. The van der Waals surface area contributed by atoms with Crippen LogP contribution in [-0.4, -0.2) is 25.2 Å². The van der Waals surface area contributed by atoms with Crippen LogP contribution >= 0.6 is 23.2 Å². The molecule has 31 heavy (non-hydrogen) atoms. The van der Waals surface area contributed by atoms with Gasteiger partial charge in [-0.3, -0.25) is 4.79 Å². The van der Waals surface area contributed by atoms with Crippen LogP contribution in [0, 0.1) is 6.92 Å². The van der Waals surface area contributed by atoms with Crippen LogP contribution in [0.3, 0.4) is 0 Å². The first kappa shape index (κ1) is 22.3. The highest BCUT2D eigenvalue weighted by Gasteiger charge is 2.16. The van der Waals surface area contributed by atoms with Crippen LogP contribution < -0.4 is 14.9 Å². The maximum atomic E-state index is 12.4. The number of aryl methyl sites for hydroxylation is 1. The Morgan fingerprint density at radius 2 is 1.71 bits per heavy atom. The predicted molar refractivity (Wildman–Crippen MR) is 121 cm³/mol. The van der Waals surface area contributed by atoms with Crippen molar-refractivity contribution in [1.82, 2.24) is 5.43 Å². The molecule has 0 heterocycles. The van der Waals surface area contributed by atoms with E-state index in [1.54, 1.807) is 36.4 Å². The Labute approximate surface area is 189 Å². The van der Waals surface area contributed by atoms with Crippen LogP contribution in [0.2, 0.25) is 10.0 Å². The van der Waals surface area contributed by atoms with E-state index in [2.05, 4.69) is 10.5 Å². The molecule has 0 fully saturated rings. The largest absolute Gasteiger partial charge is 0.493 e. The van der Waals surface area contributed by atoms with E-state index in [1.165, 1.54) is 25.5 Å². The van der Waals surface area contributed by atoms with Crippen LogP contribution in [0.5, 0.6) is 11.5 Å². The number of hydrazone groups is 1. The molecular weight excluding hydrogens is 439 g/mol. The quantitative estimate of drug-likeness (QED) is 0.236. The predicted octanol–water partition coefficient (Wildman–Crippen LogP) is 5.29. The van der Waals surface area contributed by atoms with E-state index in [0.29, 0.717) is 21.9 Å². The first-order valence-electron chi connectivity index (χ1n) is 9.12. The van der Waals surface area contributed by atoms with Gasteiger partial charge < -0.3 is 9.47 Å². The molecule has 0 aliphatic rings. The molecule has 0 aliphatic heterocycles. The lowest BCUT2D eigenvalue weighted by Gasteiger charge is -2.10. The molecule has 0 radical (unpaired) electrons. The van der Waals surface area contributed by atoms with Gasteiger partial charge in [-0.25, -0.2) is 10.2 Å². The second kappa shape index (κ2) is 10.1. The van der Waals surface area contributed by atoms with Gasteiger partial charge in [0.05, 0.1) is 23.9 Å². The summed E-state index contributed by atoms with van der Waals surface area (Å²) in [6, 6.07) is 16.5. The zero-order chi connectivity index (χ0) is 22.4. The Bertz CT molecular complexity index is 1140. The van der Waals surface area contributed by atoms with Crippen molar-refractivity contribution in [3.63, 3.8) is 0 Å². The zero-order valence-electron chi connectivity index (χ0n) is 16.7. The van der Waals surface area contributed by atoms with Crippen molar-refractivity contribution in [1.29, 1.82) is 0 Å². The zero-order valence-corrected chi connectivity index (χ0v) is 18.2. The number of esters is 1. The van der Waals surface area contributed by atoms with Crippen LogP contribution in [0.15, 0.2) is 65.8 Å². The second-order valence-corrected chi connectivity index (χ2v) is 7.33. The maximum Gasteiger partial charge on any atom is 0.345 e. The van der Waals surface area contributed by atoms with Crippen LogP contribution in [0.4, 0.5) is 0 Å². The van der Waals surface area contributed by atoms with Crippen LogP contribution in [-0.2, 0) is 0 Å². The van der Waals surface area contributed by atoms with Crippen molar-refractivity contribution >= 4 is 41.3 Å². The van der Waals surface area contributed by atoms with Crippen molar-refractivity contribution in [3.05, 3.63) is 93.0 Å². The Morgan fingerprint density at radius 1 is 0.968 bits per heavy atom. The Balaban J connectivity index is 1.69. The number of amides is 1. The number of benzene rings is 3. The third-order valence-electron chi connectivity index (χ3n) is 4.23. The normalized spacial score (nSPS) is 10.7. The average molecular weight is 457 g/mol. The summed E-state index contributed by atoms with van der Waals surface area (Å²) in [6.45, 7) is 1.94. The molecule has 0 aromatic heterocycles. The van der Waals surface area contributed by atoms with Crippen molar-refractivity contribution in [2.24, 2.45) is 5.10 Å². The van der Waals surface area contributed by atoms with Gasteiger partial charge in [-0.2, -0.15) is 5.10 Å². The molecule has 6 nitrogen and oxygen atoms in total. The summed E-state index contributed by atoms with van der Waals surface area (Å²) in [4.78, 5) is 24.5. The Kier molecular flexibility index (Phi) is 7.28. The number of hydrogen-bond acceptors (Lipinski definition) is 5. The molecule has 1 amide bonds. The number of halogens is 2. The molecule has 0 unspecified atom stereocenters. The summed E-state index contributed by atoms with van der Waals surface area (Å²) in [7, 11) is 1.45. The van der Waals surface area contributed by atoms with Gasteiger partial charge in [0, 0.05) is 10.6 Å². The third-order valence-corrected chi connectivity index (χ3v) is 4.78. The molecule has 3 aromatic rings. The monoisotopic (exact) mass is 456 g/mol. The number of carbonyl (C=O) groups is 2. The van der Waals surface area contributed by atoms with Gasteiger partial charge in [0.15, 0.2) is 11.5 Å². The SMILES string of the molecule is COc1cc(/C=N\NC(=O)c2ccc(C)cc2)ccc1OC(=O)c1ccc(Cl)cc1Cl. The van der Waals surface area contributed by atoms with Gasteiger partial charge in [-0.15, -0.1) is 0 Å². The minimum atomic E-state index is -0.647. The lowest BCUT2D eigenvalue weighted by Crippen LogP contribution is -2.17. The summed E-state index contributed by atoms with van der Waals surface area (Å²) in [6.07, 6.45) is 1.45. The van der Waals surface area contributed by atoms with Gasteiger partial charge in [0.1, 0.15) is 0 Å². The van der Waals surface area contributed by atoms with Crippen molar-refractivity contribution < 1.29 is 19.1 Å². The molecule has 0 saturated carbocycles. The van der Waals surface area contributed by atoms with E-state index in [-0.39, 0.29) is 22.2 Å². The molecule has 0 aliphatic carbocycles. The van der Waals surface area contributed by atoms with Gasteiger partial charge in [0.2, 0.25) is 0 Å². The molecular formula is C23H18Cl2N2O4. The van der Waals surface area contributed by atoms with E-state index >= 15 is 0 Å². The number of rotatable bonds is 6. The Hall–Kier alpha value is -3.35. The summed E-state index contributed by atoms with van der Waals surface area (Å²) in [5.41, 5.74) is 4.84. The maximum absolute atomic E-state index is 12.4. The number of hydrogen-bond donors (Lipinski definition) is 1. The van der Waals surface area contributed by atoms with Crippen LogP contribution in [0.1, 0.15) is 31.8 Å². The molecule has 0 saturated heterocycles.